The number of para-hydroxylation sites is 1. The number of hydrogen-bond donors (Lipinski definition) is 0. The molecule has 0 N–H and O–H groups in total. The number of nitro benzene ring substituents is 1. The molecule has 3 rings (SSSR count). The number of amides is 1. The minimum Gasteiger partial charge on any atom is -0.495 e. The van der Waals surface area contributed by atoms with Crippen molar-refractivity contribution in [2.24, 2.45) is 0 Å². The third kappa shape index (κ3) is 3.85. The second-order valence-corrected chi connectivity index (χ2v) is 7.41. The molecule has 0 saturated heterocycles. The number of carbonyl (C=O) groups is 1. The molecule has 3 aromatic rings. The van der Waals surface area contributed by atoms with E-state index < -0.39 is 10.8 Å². The first-order chi connectivity index (χ1) is 13.5. The molecular formula is C19H17N3O4S2. The van der Waals surface area contributed by atoms with Gasteiger partial charge in [0.1, 0.15) is 11.3 Å². The first-order valence-electron chi connectivity index (χ1n) is 8.18. The molecule has 1 heterocycles. The van der Waals surface area contributed by atoms with Crippen LogP contribution in [0, 0.1) is 17.0 Å². The Balaban J connectivity index is 2.20. The first kappa shape index (κ1) is 19.8. The molecule has 0 aliphatic carbocycles. The predicted octanol–water partition coefficient (Wildman–Crippen LogP) is 5.07. The first-order valence-corrected chi connectivity index (χ1v) is 10.3. The van der Waals surface area contributed by atoms with Crippen LogP contribution in [0.25, 0.3) is 0 Å². The number of aryl methyl sites for hydroxylation is 1. The van der Waals surface area contributed by atoms with Gasteiger partial charge in [-0.05, 0) is 31.4 Å². The van der Waals surface area contributed by atoms with Crippen LogP contribution in [-0.2, 0) is 0 Å². The van der Waals surface area contributed by atoms with Gasteiger partial charge in [0, 0.05) is 5.38 Å². The van der Waals surface area contributed by atoms with Crippen molar-refractivity contribution >= 4 is 45.5 Å². The monoisotopic (exact) mass is 415 g/mol. The SMILES string of the molecule is COc1cc([N+](=O)[O-])c(C(=O)N(c2ccccc2)c2nc(C)cs2)cc1SC. The van der Waals surface area contributed by atoms with Crippen LogP contribution >= 0.6 is 23.1 Å². The minimum atomic E-state index is -0.573. The lowest BCUT2D eigenvalue weighted by Crippen LogP contribution is -2.26. The van der Waals surface area contributed by atoms with E-state index in [1.165, 1.54) is 47.2 Å². The zero-order valence-corrected chi connectivity index (χ0v) is 17.0. The summed E-state index contributed by atoms with van der Waals surface area (Å²) in [6.45, 7) is 1.83. The van der Waals surface area contributed by atoms with E-state index in [0.717, 1.165) is 5.69 Å². The number of thiazole rings is 1. The predicted molar refractivity (Wildman–Crippen MR) is 111 cm³/mol. The maximum Gasteiger partial charge on any atom is 0.285 e. The highest BCUT2D eigenvalue weighted by Crippen LogP contribution is 2.37. The summed E-state index contributed by atoms with van der Waals surface area (Å²) in [5.74, 6) is -0.169. The molecule has 0 radical (unpaired) electrons. The summed E-state index contributed by atoms with van der Waals surface area (Å²) >= 11 is 2.65. The summed E-state index contributed by atoms with van der Waals surface area (Å²) < 4.78 is 5.23. The van der Waals surface area contributed by atoms with Crippen molar-refractivity contribution in [3.05, 3.63) is 69.2 Å². The van der Waals surface area contributed by atoms with Crippen molar-refractivity contribution in [2.45, 2.75) is 11.8 Å². The Labute approximate surface area is 170 Å². The number of thioether (sulfide) groups is 1. The Morgan fingerprint density at radius 3 is 2.54 bits per heavy atom. The molecule has 9 heteroatoms. The fraction of sp³-hybridized carbons (Fsp3) is 0.158. The van der Waals surface area contributed by atoms with Crippen LogP contribution in [0.15, 0.2) is 52.7 Å². The van der Waals surface area contributed by atoms with Crippen LogP contribution in [0.1, 0.15) is 16.1 Å². The van der Waals surface area contributed by atoms with Crippen LogP contribution in [0.2, 0.25) is 0 Å². The van der Waals surface area contributed by atoms with Gasteiger partial charge in [-0.25, -0.2) is 4.98 Å². The standard InChI is InChI=1S/C19H17N3O4S2/c1-12-11-28-19(20-12)21(13-7-5-4-6-8-13)18(23)14-9-17(27-3)16(26-2)10-15(14)22(24)25/h4-11H,1-3H3. The van der Waals surface area contributed by atoms with E-state index in [1.807, 2.05) is 24.6 Å². The van der Waals surface area contributed by atoms with Crippen molar-refractivity contribution in [1.82, 2.24) is 4.98 Å². The minimum absolute atomic E-state index is 0.0214. The quantitative estimate of drug-likeness (QED) is 0.317. The van der Waals surface area contributed by atoms with Crippen molar-refractivity contribution in [1.29, 1.82) is 0 Å². The summed E-state index contributed by atoms with van der Waals surface area (Å²) in [5, 5.41) is 13.9. The molecule has 0 aliphatic rings. The van der Waals surface area contributed by atoms with Gasteiger partial charge in [0.15, 0.2) is 5.13 Å². The molecule has 0 fully saturated rings. The number of anilines is 2. The Hall–Kier alpha value is -2.91. The van der Waals surface area contributed by atoms with Gasteiger partial charge in [0.25, 0.3) is 11.6 Å². The summed E-state index contributed by atoms with van der Waals surface area (Å²) in [6.07, 6.45) is 1.82. The number of carbonyl (C=O) groups excluding carboxylic acids is 1. The maximum absolute atomic E-state index is 13.5. The van der Waals surface area contributed by atoms with Gasteiger partial charge in [-0.1, -0.05) is 18.2 Å². The van der Waals surface area contributed by atoms with E-state index in [4.69, 9.17) is 4.74 Å². The van der Waals surface area contributed by atoms with E-state index >= 15 is 0 Å². The summed E-state index contributed by atoms with van der Waals surface area (Å²) in [6, 6.07) is 11.7. The molecule has 0 saturated carbocycles. The highest BCUT2D eigenvalue weighted by molar-refractivity contribution is 7.98. The molecule has 144 valence electrons. The Kier molecular flexibility index (Phi) is 5.96. The molecule has 0 unspecified atom stereocenters. The van der Waals surface area contributed by atoms with Gasteiger partial charge in [0.2, 0.25) is 0 Å². The molecular weight excluding hydrogens is 398 g/mol. The number of benzene rings is 2. The second kappa shape index (κ2) is 8.41. The van der Waals surface area contributed by atoms with Crippen molar-refractivity contribution < 1.29 is 14.5 Å². The Morgan fingerprint density at radius 1 is 1.29 bits per heavy atom. The fourth-order valence-electron chi connectivity index (χ4n) is 2.65. The van der Waals surface area contributed by atoms with Crippen molar-refractivity contribution in [3.8, 4) is 5.75 Å². The number of hydrogen-bond acceptors (Lipinski definition) is 7. The van der Waals surface area contributed by atoms with Gasteiger partial charge in [-0.3, -0.25) is 19.8 Å². The highest BCUT2D eigenvalue weighted by Gasteiger charge is 2.30. The average molecular weight is 415 g/mol. The molecule has 2 aromatic carbocycles. The van der Waals surface area contributed by atoms with Gasteiger partial charge < -0.3 is 4.74 Å². The summed E-state index contributed by atoms with van der Waals surface area (Å²) in [7, 11) is 1.44. The lowest BCUT2D eigenvalue weighted by Gasteiger charge is -2.20. The molecule has 0 bridgehead atoms. The number of nitro groups is 1. The molecule has 28 heavy (non-hydrogen) atoms. The maximum atomic E-state index is 13.5. The zero-order valence-electron chi connectivity index (χ0n) is 15.4. The van der Waals surface area contributed by atoms with Crippen LogP contribution in [0.3, 0.4) is 0 Å². The lowest BCUT2D eigenvalue weighted by molar-refractivity contribution is -0.385. The highest BCUT2D eigenvalue weighted by atomic mass is 32.2. The summed E-state index contributed by atoms with van der Waals surface area (Å²) in [4.78, 5) is 31.0. The third-order valence-electron chi connectivity index (χ3n) is 3.94. The normalized spacial score (nSPS) is 10.5. The smallest absolute Gasteiger partial charge is 0.285 e. The van der Waals surface area contributed by atoms with Gasteiger partial charge in [0.05, 0.1) is 34.4 Å². The Bertz CT molecular complexity index is 1020. The Morgan fingerprint density at radius 2 is 2.00 bits per heavy atom. The lowest BCUT2D eigenvalue weighted by atomic mass is 10.1. The van der Waals surface area contributed by atoms with Gasteiger partial charge in [-0.15, -0.1) is 23.1 Å². The topological polar surface area (TPSA) is 85.6 Å². The molecule has 0 aliphatic heterocycles. The second-order valence-electron chi connectivity index (χ2n) is 5.73. The van der Waals surface area contributed by atoms with Crippen LogP contribution < -0.4 is 9.64 Å². The van der Waals surface area contributed by atoms with E-state index in [1.54, 1.807) is 24.3 Å². The van der Waals surface area contributed by atoms with Crippen molar-refractivity contribution in [3.63, 3.8) is 0 Å². The third-order valence-corrected chi connectivity index (χ3v) is 5.65. The van der Waals surface area contributed by atoms with E-state index in [9.17, 15) is 14.9 Å². The molecule has 0 spiro atoms. The largest absolute Gasteiger partial charge is 0.495 e. The molecule has 0 atom stereocenters. The van der Waals surface area contributed by atoms with Gasteiger partial charge in [-0.2, -0.15) is 0 Å². The molecule has 1 amide bonds. The van der Waals surface area contributed by atoms with E-state index in [-0.39, 0.29) is 11.3 Å². The van der Waals surface area contributed by atoms with E-state index in [2.05, 4.69) is 4.98 Å². The van der Waals surface area contributed by atoms with Crippen LogP contribution in [0.5, 0.6) is 5.75 Å². The number of ether oxygens (including phenoxy) is 1. The van der Waals surface area contributed by atoms with Gasteiger partial charge >= 0.3 is 0 Å². The van der Waals surface area contributed by atoms with Crippen LogP contribution in [-0.4, -0.2) is 29.2 Å². The number of methoxy groups -OCH3 is 1. The summed E-state index contributed by atoms with van der Waals surface area (Å²) in [5.41, 5.74) is 1.01. The zero-order chi connectivity index (χ0) is 20.3. The number of rotatable bonds is 6. The number of nitrogens with zero attached hydrogens (tertiary/aromatic N) is 3. The molecule has 1 aromatic heterocycles. The van der Waals surface area contributed by atoms with Crippen LogP contribution in [0.4, 0.5) is 16.5 Å². The fourth-order valence-corrected chi connectivity index (χ4v) is 4.05. The van der Waals surface area contributed by atoms with Crippen molar-refractivity contribution in [2.75, 3.05) is 18.3 Å². The van der Waals surface area contributed by atoms with E-state index in [0.29, 0.717) is 21.5 Å². The molecule has 7 nitrogen and oxygen atoms in total. The number of aromatic nitrogens is 1. The average Bonchev–Trinajstić information content (AvgIpc) is 3.13.